The van der Waals surface area contributed by atoms with E-state index in [0.717, 1.165) is 13.1 Å². The Morgan fingerprint density at radius 1 is 1.19 bits per heavy atom. The van der Waals surface area contributed by atoms with Crippen molar-refractivity contribution >= 4 is 16.8 Å². The van der Waals surface area contributed by atoms with Gasteiger partial charge in [-0.1, -0.05) is 13.8 Å². The van der Waals surface area contributed by atoms with E-state index in [4.69, 9.17) is 13.0 Å². The molecule has 98 valence electrons. The molecule has 16 heavy (non-hydrogen) atoms. The lowest BCUT2D eigenvalue weighted by molar-refractivity contribution is -0.519. The largest absolute Gasteiger partial charge is 0.741 e. The third-order valence-electron chi connectivity index (χ3n) is 1.36. The number of nitrogens with zero attached hydrogens (tertiary/aromatic N) is 1. The maximum absolute atomic E-state index is 10.7. The first-order chi connectivity index (χ1) is 7.06. The zero-order valence-corrected chi connectivity index (χ0v) is 10.1. The number of halogens is 3. The topological polar surface area (TPSA) is 60.2 Å². The molecule has 0 rings (SSSR count). The summed E-state index contributed by atoms with van der Waals surface area (Å²) in [6.45, 7) is 10.5. The van der Waals surface area contributed by atoms with Crippen LogP contribution in [0.4, 0.5) is 13.2 Å². The number of hydrogen-bond acceptors (Lipinski definition) is 3. The van der Waals surface area contributed by atoms with Gasteiger partial charge in [0.25, 0.3) is 0 Å². The van der Waals surface area contributed by atoms with Gasteiger partial charge >= 0.3 is 5.51 Å². The Morgan fingerprint density at radius 2 is 1.44 bits per heavy atom. The normalized spacial score (nSPS) is 11.6. The molecular formula is C8H16F3NO3S. The van der Waals surface area contributed by atoms with Crippen molar-refractivity contribution in [1.29, 1.82) is 0 Å². The lowest BCUT2D eigenvalue weighted by Crippen LogP contribution is -2.21. The summed E-state index contributed by atoms with van der Waals surface area (Å²) in [5.74, 6) is 0. The Balaban J connectivity index is 0. The predicted octanol–water partition coefficient (Wildman–Crippen LogP) is 1.57. The summed E-state index contributed by atoms with van der Waals surface area (Å²) in [7, 11) is -6.09. The Kier molecular flexibility index (Phi) is 8.45. The monoisotopic (exact) mass is 263 g/mol. The van der Waals surface area contributed by atoms with Crippen molar-refractivity contribution in [2.24, 2.45) is 0 Å². The highest BCUT2D eigenvalue weighted by Gasteiger charge is 2.36. The Hall–Kier alpha value is -0.630. The van der Waals surface area contributed by atoms with E-state index >= 15 is 0 Å². The van der Waals surface area contributed by atoms with Crippen LogP contribution < -0.4 is 0 Å². The van der Waals surface area contributed by atoms with E-state index in [1.54, 1.807) is 0 Å². The van der Waals surface area contributed by atoms with E-state index in [-0.39, 0.29) is 0 Å². The van der Waals surface area contributed by atoms with Crippen LogP contribution in [0.3, 0.4) is 0 Å². The molecule has 0 aromatic rings. The molecule has 0 aliphatic heterocycles. The van der Waals surface area contributed by atoms with E-state index < -0.39 is 15.6 Å². The van der Waals surface area contributed by atoms with Gasteiger partial charge in [-0.25, -0.2) is 13.0 Å². The van der Waals surface area contributed by atoms with Crippen LogP contribution in [0, 0.1) is 0 Å². The molecule has 0 unspecified atom stereocenters. The van der Waals surface area contributed by atoms with Crippen LogP contribution >= 0.6 is 0 Å². The second-order valence-corrected chi connectivity index (χ2v) is 4.39. The molecule has 0 N–H and O–H groups in total. The van der Waals surface area contributed by atoms with Gasteiger partial charge in [0.05, 0.1) is 0 Å². The van der Waals surface area contributed by atoms with Crippen molar-refractivity contribution in [2.75, 3.05) is 13.1 Å². The second kappa shape index (κ2) is 7.61. The van der Waals surface area contributed by atoms with Crippen molar-refractivity contribution in [2.45, 2.75) is 32.2 Å². The Labute approximate surface area is 93.5 Å². The van der Waals surface area contributed by atoms with Crippen LogP contribution in [-0.4, -0.2) is 42.9 Å². The molecule has 0 aromatic heterocycles. The molecule has 0 saturated carbocycles. The van der Waals surface area contributed by atoms with Crippen LogP contribution in [-0.2, 0) is 10.1 Å². The van der Waals surface area contributed by atoms with Crippen molar-refractivity contribution in [3.05, 3.63) is 0 Å². The molecule has 0 bridgehead atoms. The quantitative estimate of drug-likeness (QED) is 0.335. The van der Waals surface area contributed by atoms with Gasteiger partial charge in [0, 0.05) is 12.8 Å². The molecule has 0 spiro atoms. The first kappa shape index (κ1) is 17.8. The van der Waals surface area contributed by atoms with E-state index in [2.05, 4.69) is 25.1 Å². The zero-order chi connectivity index (χ0) is 13.4. The Bertz CT molecular complexity index is 290. The van der Waals surface area contributed by atoms with Gasteiger partial charge < -0.3 is 4.55 Å². The maximum atomic E-state index is 10.7. The van der Waals surface area contributed by atoms with Gasteiger partial charge in [-0.15, -0.1) is 0 Å². The van der Waals surface area contributed by atoms with Crippen LogP contribution in [0.5, 0.6) is 0 Å². The highest BCUT2D eigenvalue weighted by Crippen LogP contribution is 2.20. The minimum absolute atomic E-state index is 1.13. The molecule has 0 fully saturated rings. The third-order valence-corrected chi connectivity index (χ3v) is 1.93. The third kappa shape index (κ3) is 9.91. The predicted molar refractivity (Wildman–Crippen MR) is 53.4 cm³/mol. The minimum atomic E-state index is -6.09. The zero-order valence-electron chi connectivity index (χ0n) is 9.25. The lowest BCUT2D eigenvalue weighted by atomic mass is 10.4. The van der Waals surface area contributed by atoms with Gasteiger partial charge in [-0.05, 0) is 0 Å². The van der Waals surface area contributed by atoms with E-state index in [1.807, 2.05) is 0 Å². The average Bonchev–Trinajstić information content (AvgIpc) is 2.02. The summed E-state index contributed by atoms with van der Waals surface area (Å²) in [5, 5.41) is 0. The number of hydrogen-bond donors (Lipinski definition) is 0. The number of alkyl halides is 3. The molecule has 0 aliphatic rings. The summed E-state index contributed by atoms with van der Waals surface area (Å²) in [5.41, 5.74) is -5.65. The van der Waals surface area contributed by atoms with Crippen LogP contribution in [0.2, 0.25) is 0 Å². The van der Waals surface area contributed by atoms with E-state index in [9.17, 15) is 13.2 Å². The molecule has 0 aromatic carbocycles. The minimum Gasteiger partial charge on any atom is -0.741 e. The molecule has 8 heteroatoms. The highest BCUT2D eigenvalue weighted by atomic mass is 32.2. The molecule has 0 saturated heterocycles. The first-order valence-corrected chi connectivity index (χ1v) is 6.04. The van der Waals surface area contributed by atoms with Gasteiger partial charge in [-0.3, -0.25) is 0 Å². The summed E-state index contributed by atoms with van der Waals surface area (Å²) in [6, 6.07) is 0. The first-order valence-electron chi connectivity index (χ1n) is 4.63. The lowest BCUT2D eigenvalue weighted by Gasteiger charge is -2.08. The molecule has 0 radical (unpaired) electrons. The fourth-order valence-electron chi connectivity index (χ4n) is 0.744. The van der Waals surface area contributed by atoms with Crippen LogP contribution in [0.1, 0.15) is 26.7 Å². The van der Waals surface area contributed by atoms with Crippen LogP contribution in [0.15, 0.2) is 0 Å². The van der Waals surface area contributed by atoms with Crippen molar-refractivity contribution in [1.82, 2.24) is 0 Å². The van der Waals surface area contributed by atoms with Crippen molar-refractivity contribution < 1.29 is 30.7 Å². The maximum Gasteiger partial charge on any atom is 0.485 e. The van der Waals surface area contributed by atoms with Gasteiger partial charge in [0.1, 0.15) is 19.8 Å². The molecular weight excluding hydrogens is 247 g/mol. The van der Waals surface area contributed by atoms with E-state index in [1.165, 1.54) is 12.8 Å². The molecule has 0 amide bonds. The smallest absolute Gasteiger partial charge is 0.485 e. The van der Waals surface area contributed by atoms with Crippen LogP contribution in [0.25, 0.3) is 0 Å². The van der Waals surface area contributed by atoms with Gasteiger partial charge in [0.2, 0.25) is 0 Å². The molecule has 4 nitrogen and oxygen atoms in total. The summed E-state index contributed by atoms with van der Waals surface area (Å²) >= 11 is 0. The highest BCUT2D eigenvalue weighted by molar-refractivity contribution is 7.86. The molecule has 0 heterocycles. The summed E-state index contributed by atoms with van der Waals surface area (Å²) in [6.07, 6.45) is 2.42. The van der Waals surface area contributed by atoms with Crippen molar-refractivity contribution in [3.63, 3.8) is 0 Å². The van der Waals surface area contributed by atoms with Crippen molar-refractivity contribution in [3.8, 4) is 0 Å². The second-order valence-electron chi connectivity index (χ2n) is 3.02. The molecule has 0 atom stereocenters. The number of rotatable bonds is 4. The standard InChI is InChI=1S/C7H16N.CHF3O3S/c1-4-6-8(3)7-5-2;2-1(3,4)8(5,6)7/h3-7H2,1-2H3;(H,5,6,7)/q+1;/p-1. The Morgan fingerprint density at radius 3 is 1.56 bits per heavy atom. The fraction of sp³-hybridized carbons (Fsp3) is 0.875. The molecule has 0 aliphatic carbocycles. The van der Waals surface area contributed by atoms with E-state index in [0.29, 0.717) is 0 Å². The summed E-state index contributed by atoms with van der Waals surface area (Å²) < 4.78 is 61.0. The SMILES string of the molecule is C=[N+](CCC)CCC.O=S(=O)([O-])C(F)(F)F. The van der Waals surface area contributed by atoms with Gasteiger partial charge in [-0.2, -0.15) is 13.2 Å². The summed E-state index contributed by atoms with van der Waals surface area (Å²) in [4.78, 5) is 0. The fourth-order valence-corrected chi connectivity index (χ4v) is 0.744. The van der Waals surface area contributed by atoms with Gasteiger partial charge in [0.15, 0.2) is 10.1 Å². The average molecular weight is 263 g/mol.